The van der Waals surface area contributed by atoms with Gasteiger partial charge in [-0.2, -0.15) is 0 Å². The van der Waals surface area contributed by atoms with E-state index in [9.17, 15) is 14.0 Å². The Bertz CT molecular complexity index is 2200. The molecule has 7 nitrogen and oxygen atoms in total. The molecule has 1 aliphatic heterocycles. The summed E-state index contributed by atoms with van der Waals surface area (Å²) >= 11 is 6.94. The first-order chi connectivity index (χ1) is 23.3. The van der Waals surface area contributed by atoms with Crippen molar-refractivity contribution in [2.45, 2.75) is 26.5 Å². The molecule has 0 saturated carbocycles. The number of hydrogen-bond donors (Lipinski definition) is 0. The molecule has 0 amide bonds. The maximum atomic E-state index is 14.4. The van der Waals surface area contributed by atoms with Crippen LogP contribution >= 0.6 is 49.9 Å². The van der Waals surface area contributed by atoms with E-state index in [4.69, 9.17) is 19.2 Å². The summed E-state index contributed by atoms with van der Waals surface area (Å²) < 4.78 is 35.3. The zero-order valence-electron chi connectivity index (χ0n) is 25.9. The van der Waals surface area contributed by atoms with Crippen LogP contribution in [0.5, 0.6) is 11.5 Å². The molecule has 11 heteroatoms. The van der Waals surface area contributed by atoms with Crippen molar-refractivity contribution in [2.75, 3.05) is 13.2 Å². The second kappa shape index (κ2) is 15.0. The van der Waals surface area contributed by atoms with Gasteiger partial charge in [0.2, 0.25) is 0 Å². The van der Waals surface area contributed by atoms with Crippen LogP contribution in [0.25, 0.3) is 11.8 Å². The highest BCUT2D eigenvalue weighted by atomic mass is 127. The smallest absolute Gasteiger partial charge is 0.338 e. The predicted molar refractivity (Wildman–Crippen MR) is 196 cm³/mol. The molecule has 0 spiro atoms. The standard InChI is InChI=1S/C37H29BrFIN2O5S/c1-3-45-27-16-14-23(15-17-27)33-31(36(44)46-4-2)32(22-10-6-5-7-11-22)41-37-42(33)35(43)30(48-37)19-25-18-26(38)20-29(40)34(25)47-21-24-12-8-9-13-28(24)39/h5-20,33H,3-4,21H2,1-2H3/b30-19-/t33-/m1/s1. The third kappa shape index (κ3) is 7.03. The largest absolute Gasteiger partial charge is 0.494 e. The SMILES string of the molecule is CCOC(=O)C1=C(c2ccccc2)N=c2s/c(=C\c3cc(Br)cc(I)c3OCc3ccccc3F)c(=O)n2[C@@H]1c1ccc(OCC)cc1. The Morgan fingerprint density at radius 3 is 2.44 bits per heavy atom. The summed E-state index contributed by atoms with van der Waals surface area (Å²) in [5.41, 5.74) is 2.82. The minimum absolute atomic E-state index is 0.00741. The number of ether oxygens (including phenoxy) is 3. The Morgan fingerprint density at radius 1 is 1.00 bits per heavy atom. The molecule has 0 bridgehead atoms. The number of halogens is 3. The lowest BCUT2D eigenvalue weighted by Gasteiger charge is -2.26. The molecular formula is C37H29BrFIN2O5S. The normalized spacial score (nSPS) is 14.4. The summed E-state index contributed by atoms with van der Waals surface area (Å²) in [5, 5.41) is 0. The molecule has 1 aliphatic rings. The van der Waals surface area contributed by atoms with E-state index in [1.165, 1.54) is 17.4 Å². The van der Waals surface area contributed by atoms with E-state index in [0.717, 1.165) is 13.6 Å². The number of thiazole rings is 1. The Labute approximate surface area is 302 Å². The van der Waals surface area contributed by atoms with Crippen LogP contribution in [0.1, 0.15) is 42.1 Å². The number of benzene rings is 4. The van der Waals surface area contributed by atoms with Crippen LogP contribution in [0.3, 0.4) is 0 Å². The monoisotopic (exact) mass is 838 g/mol. The molecule has 0 aliphatic carbocycles. The van der Waals surface area contributed by atoms with Crippen molar-refractivity contribution in [1.29, 1.82) is 0 Å². The van der Waals surface area contributed by atoms with Crippen LogP contribution in [0.15, 0.2) is 111 Å². The number of fused-ring (bicyclic) bond motifs is 1. The van der Waals surface area contributed by atoms with Gasteiger partial charge >= 0.3 is 5.97 Å². The zero-order chi connectivity index (χ0) is 33.8. The van der Waals surface area contributed by atoms with Crippen molar-refractivity contribution < 1.29 is 23.4 Å². The van der Waals surface area contributed by atoms with Gasteiger partial charge in [0.25, 0.3) is 5.56 Å². The van der Waals surface area contributed by atoms with Crippen LogP contribution in [0.2, 0.25) is 0 Å². The summed E-state index contributed by atoms with van der Waals surface area (Å²) in [4.78, 5) is 33.5. The average Bonchev–Trinajstić information content (AvgIpc) is 3.39. The lowest BCUT2D eigenvalue weighted by Crippen LogP contribution is -2.40. The summed E-state index contributed by atoms with van der Waals surface area (Å²) in [6.45, 7) is 4.31. The van der Waals surface area contributed by atoms with Crippen molar-refractivity contribution in [3.8, 4) is 11.5 Å². The fourth-order valence-electron chi connectivity index (χ4n) is 5.42. The van der Waals surface area contributed by atoms with Crippen molar-refractivity contribution >= 4 is 67.6 Å². The first-order valence-electron chi connectivity index (χ1n) is 15.2. The fraction of sp³-hybridized carbons (Fsp3) is 0.162. The van der Waals surface area contributed by atoms with E-state index in [1.54, 1.807) is 35.8 Å². The van der Waals surface area contributed by atoms with Gasteiger partial charge < -0.3 is 14.2 Å². The molecule has 4 aromatic carbocycles. The van der Waals surface area contributed by atoms with E-state index in [0.29, 0.717) is 49.8 Å². The number of carbonyl (C=O) groups is 1. The number of hydrogen-bond acceptors (Lipinski definition) is 7. The van der Waals surface area contributed by atoms with Gasteiger partial charge in [-0.25, -0.2) is 14.2 Å². The number of nitrogens with zero attached hydrogens (tertiary/aromatic N) is 2. The molecule has 0 fully saturated rings. The minimum Gasteiger partial charge on any atom is -0.494 e. The molecule has 1 aromatic heterocycles. The Morgan fingerprint density at radius 2 is 1.73 bits per heavy atom. The van der Waals surface area contributed by atoms with Gasteiger partial charge in [-0.3, -0.25) is 9.36 Å². The highest BCUT2D eigenvalue weighted by Crippen LogP contribution is 2.36. The molecule has 0 unspecified atom stereocenters. The van der Waals surface area contributed by atoms with Gasteiger partial charge in [-0.15, -0.1) is 0 Å². The molecule has 2 heterocycles. The van der Waals surface area contributed by atoms with Crippen molar-refractivity contribution in [3.05, 3.63) is 152 Å². The molecule has 0 N–H and O–H groups in total. The maximum absolute atomic E-state index is 14.4. The molecule has 5 aromatic rings. The first-order valence-corrected chi connectivity index (χ1v) is 17.8. The van der Waals surface area contributed by atoms with Gasteiger partial charge in [0.15, 0.2) is 4.80 Å². The summed E-state index contributed by atoms with van der Waals surface area (Å²) in [6.07, 6.45) is 1.75. The average molecular weight is 840 g/mol. The van der Waals surface area contributed by atoms with E-state index in [2.05, 4.69) is 38.5 Å². The molecule has 1 atom stereocenters. The Balaban J connectivity index is 1.56. The van der Waals surface area contributed by atoms with Gasteiger partial charge in [0.1, 0.15) is 23.9 Å². The third-order valence-corrected chi connectivity index (χ3v) is 9.78. The minimum atomic E-state index is -0.826. The number of esters is 1. The van der Waals surface area contributed by atoms with E-state index in [1.807, 2.05) is 73.7 Å². The van der Waals surface area contributed by atoms with Crippen molar-refractivity contribution in [1.82, 2.24) is 4.57 Å². The maximum Gasteiger partial charge on any atom is 0.338 e. The van der Waals surface area contributed by atoms with Crippen LogP contribution in [-0.2, 0) is 16.1 Å². The second-order valence-electron chi connectivity index (χ2n) is 10.6. The number of carbonyl (C=O) groups excluding carboxylic acids is 1. The molecule has 244 valence electrons. The molecular weight excluding hydrogens is 810 g/mol. The number of aromatic nitrogens is 1. The topological polar surface area (TPSA) is 79.1 Å². The molecule has 48 heavy (non-hydrogen) atoms. The van der Waals surface area contributed by atoms with E-state index < -0.39 is 12.0 Å². The molecule has 6 rings (SSSR count). The summed E-state index contributed by atoms with van der Waals surface area (Å²) in [7, 11) is 0. The molecule has 0 saturated heterocycles. The fourth-order valence-corrected chi connectivity index (χ4v) is 8.11. The first kappa shape index (κ1) is 33.8. The second-order valence-corrected chi connectivity index (χ2v) is 13.7. The van der Waals surface area contributed by atoms with Crippen LogP contribution in [-0.4, -0.2) is 23.8 Å². The third-order valence-electron chi connectivity index (χ3n) is 7.53. The summed E-state index contributed by atoms with van der Waals surface area (Å²) in [5.74, 6) is 0.262. The van der Waals surface area contributed by atoms with Crippen molar-refractivity contribution in [3.63, 3.8) is 0 Å². The van der Waals surface area contributed by atoms with Gasteiger partial charge in [0, 0.05) is 21.2 Å². The Kier molecular flexibility index (Phi) is 10.6. The number of rotatable bonds is 10. The highest BCUT2D eigenvalue weighted by Gasteiger charge is 2.35. The summed E-state index contributed by atoms with van der Waals surface area (Å²) in [6, 6.07) is 26.1. The highest BCUT2D eigenvalue weighted by molar-refractivity contribution is 14.1. The predicted octanol–water partition coefficient (Wildman–Crippen LogP) is 7.42. The van der Waals surface area contributed by atoms with Gasteiger partial charge in [0.05, 0.1) is 38.6 Å². The molecule has 0 radical (unpaired) electrons. The van der Waals surface area contributed by atoms with Crippen LogP contribution in [0.4, 0.5) is 4.39 Å². The van der Waals surface area contributed by atoms with E-state index >= 15 is 0 Å². The lowest BCUT2D eigenvalue weighted by atomic mass is 9.93. The Hall–Kier alpha value is -4.07. The lowest BCUT2D eigenvalue weighted by molar-refractivity contribution is -0.138. The zero-order valence-corrected chi connectivity index (χ0v) is 30.5. The van der Waals surface area contributed by atoms with Gasteiger partial charge in [-0.05, 0) is 78.4 Å². The van der Waals surface area contributed by atoms with Gasteiger partial charge in [-0.1, -0.05) is 87.9 Å². The van der Waals surface area contributed by atoms with Crippen LogP contribution in [0, 0.1) is 9.39 Å². The quantitative estimate of drug-likeness (QED) is 0.108. The van der Waals surface area contributed by atoms with E-state index in [-0.39, 0.29) is 30.2 Å². The van der Waals surface area contributed by atoms with Crippen molar-refractivity contribution in [2.24, 2.45) is 4.99 Å². The van der Waals surface area contributed by atoms with Crippen LogP contribution < -0.4 is 24.4 Å².